The van der Waals surface area contributed by atoms with Gasteiger partial charge >= 0.3 is 0 Å². The number of nitrogens with zero attached hydrogens (tertiary/aromatic N) is 1. The Labute approximate surface area is 118 Å². The molecule has 2 aromatic carbocycles. The summed E-state index contributed by atoms with van der Waals surface area (Å²) in [4.78, 5) is 9.95. The Morgan fingerprint density at radius 1 is 1.10 bits per heavy atom. The molecule has 0 bridgehead atoms. The molecule has 0 aliphatic rings. The van der Waals surface area contributed by atoms with Gasteiger partial charge in [-0.25, -0.2) is 8.78 Å². The largest absolute Gasteiger partial charge is 0.381 e. The van der Waals surface area contributed by atoms with Crippen LogP contribution in [0.2, 0.25) is 5.02 Å². The molecule has 2 rings (SSSR count). The smallest absolute Gasteiger partial charge is 0.272 e. The van der Waals surface area contributed by atoms with E-state index in [1.807, 2.05) is 0 Å². The second kappa shape index (κ2) is 5.83. The lowest BCUT2D eigenvalue weighted by molar-refractivity contribution is -0.385. The fourth-order valence-electron chi connectivity index (χ4n) is 1.70. The van der Waals surface area contributed by atoms with Crippen LogP contribution < -0.4 is 5.32 Å². The molecular formula is C13H9ClF2N2O2. The Balaban J connectivity index is 2.16. The van der Waals surface area contributed by atoms with Crippen molar-refractivity contribution in [1.82, 2.24) is 0 Å². The van der Waals surface area contributed by atoms with Crippen molar-refractivity contribution in [3.05, 3.63) is 68.7 Å². The zero-order valence-corrected chi connectivity index (χ0v) is 10.8. The zero-order valence-electron chi connectivity index (χ0n) is 10.1. The molecule has 1 N–H and O–H groups in total. The number of hydrogen-bond donors (Lipinski definition) is 1. The Kier molecular flexibility index (Phi) is 4.14. The van der Waals surface area contributed by atoms with Crippen molar-refractivity contribution in [1.29, 1.82) is 0 Å². The highest BCUT2D eigenvalue weighted by Crippen LogP contribution is 2.20. The second-order valence-electron chi connectivity index (χ2n) is 4.09. The predicted molar refractivity (Wildman–Crippen MR) is 71.8 cm³/mol. The number of nitro groups is 1. The summed E-state index contributed by atoms with van der Waals surface area (Å²) in [7, 11) is 0. The van der Waals surface area contributed by atoms with Gasteiger partial charge in [0.15, 0.2) is 0 Å². The minimum atomic E-state index is -0.701. The normalized spacial score (nSPS) is 10.3. The number of anilines is 1. The van der Waals surface area contributed by atoms with Crippen molar-refractivity contribution in [3.63, 3.8) is 0 Å². The highest BCUT2D eigenvalue weighted by molar-refractivity contribution is 6.30. The van der Waals surface area contributed by atoms with Gasteiger partial charge in [-0.3, -0.25) is 10.1 Å². The Bertz CT molecular complexity index is 645. The molecule has 0 aliphatic carbocycles. The molecule has 0 atom stereocenters. The molecular weight excluding hydrogens is 290 g/mol. The lowest BCUT2D eigenvalue weighted by Gasteiger charge is -2.07. The molecule has 0 saturated heterocycles. The average molecular weight is 299 g/mol. The van der Waals surface area contributed by atoms with Crippen LogP contribution in [-0.2, 0) is 6.54 Å². The van der Waals surface area contributed by atoms with E-state index in [-0.39, 0.29) is 17.3 Å². The first kappa shape index (κ1) is 14.2. The monoisotopic (exact) mass is 298 g/mol. The van der Waals surface area contributed by atoms with E-state index in [4.69, 9.17) is 11.6 Å². The van der Waals surface area contributed by atoms with Gasteiger partial charge in [0.1, 0.15) is 11.6 Å². The van der Waals surface area contributed by atoms with Gasteiger partial charge in [0, 0.05) is 23.3 Å². The van der Waals surface area contributed by atoms with Crippen LogP contribution in [0.3, 0.4) is 0 Å². The van der Waals surface area contributed by atoms with Crippen LogP contribution in [0, 0.1) is 21.7 Å². The lowest BCUT2D eigenvalue weighted by atomic mass is 10.2. The maximum atomic E-state index is 13.2. The van der Waals surface area contributed by atoms with Crippen LogP contribution in [-0.4, -0.2) is 4.92 Å². The van der Waals surface area contributed by atoms with Gasteiger partial charge in [0.2, 0.25) is 0 Å². The van der Waals surface area contributed by atoms with Crippen LogP contribution in [0.4, 0.5) is 20.2 Å². The van der Waals surface area contributed by atoms with Gasteiger partial charge in [-0.15, -0.1) is 0 Å². The maximum Gasteiger partial charge on any atom is 0.272 e. The van der Waals surface area contributed by atoms with Gasteiger partial charge in [0.25, 0.3) is 5.69 Å². The third-order valence-corrected chi connectivity index (χ3v) is 2.73. The number of rotatable bonds is 4. The molecule has 0 aromatic heterocycles. The first-order chi connectivity index (χ1) is 9.44. The Hall–Kier alpha value is -2.21. The summed E-state index contributed by atoms with van der Waals surface area (Å²) in [5, 5.41) is 13.7. The number of nitrogens with one attached hydrogen (secondary N) is 1. The Morgan fingerprint density at radius 2 is 1.80 bits per heavy atom. The molecule has 0 amide bonds. The summed E-state index contributed by atoms with van der Waals surface area (Å²) < 4.78 is 26.3. The van der Waals surface area contributed by atoms with Crippen LogP contribution in [0.5, 0.6) is 0 Å². The molecule has 104 valence electrons. The third kappa shape index (κ3) is 3.64. The van der Waals surface area contributed by atoms with Crippen LogP contribution >= 0.6 is 11.6 Å². The average Bonchev–Trinajstić information content (AvgIpc) is 2.34. The quantitative estimate of drug-likeness (QED) is 0.682. The molecule has 0 heterocycles. The molecule has 7 heteroatoms. The SMILES string of the molecule is O=[N+]([O-])c1cc(F)cc(CNc2cc(F)cc(Cl)c2)c1. The van der Waals surface area contributed by atoms with Crippen LogP contribution in [0.15, 0.2) is 36.4 Å². The second-order valence-corrected chi connectivity index (χ2v) is 4.52. The van der Waals surface area contributed by atoms with E-state index in [9.17, 15) is 18.9 Å². The van der Waals surface area contributed by atoms with Crippen LogP contribution in [0.25, 0.3) is 0 Å². The molecule has 4 nitrogen and oxygen atoms in total. The van der Waals surface area contributed by atoms with Crippen LogP contribution in [0.1, 0.15) is 5.56 Å². The summed E-state index contributed by atoms with van der Waals surface area (Å²) in [6, 6.07) is 7.12. The first-order valence-electron chi connectivity index (χ1n) is 5.58. The number of non-ortho nitro benzene ring substituents is 1. The summed E-state index contributed by atoms with van der Waals surface area (Å²) in [6.07, 6.45) is 0. The molecule has 0 spiro atoms. The molecule has 0 fully saturated rings. The molecule has 20 heavy (non-hydrogen) atoms. The Morgan fingerprint density at radius 3 is 2.45 bits per heavy atom. The van der Waals surface area contributed by atoms with Crippen molar-refractivity contribution < 1.29 is 13.7 Å². The van der Waals surface area contributed by atoms with E-state index in [1.165, 1.54) is 24.3 Å². The number of hydrogen-bond acceptors (Lipinski definition) is 3. The summed E-state index contributed by atoms with van der Waals surface area (Å²) >= 11 is 5.69. The maximum absolute atomic E-state index is 13.2. The summed E-state index contributed by atoms with van der Waals surface area (Å²) in [5.74, 6) is -1.21. The van der Waals surface area contributed by atoms with Crippen molar-refractivity contribution in [2.45, 2.75) is 6.54 Å². The fraction of sp³-hybridized carbons (Fsp3) is 0.0769. The topological polar surface area (TPSA) is 55.2 Å². The van der Waals surface area contributed by atoms with Gasteiger partial charge in [-0.05, 0) is 29.8 Å². The molecule has 0 unspecified atom stereocenters. The summed E-state index contributed by atoms with van der Waals surface area (Å²) in [6.45, 7) is 0.110. The molecule has 0 saturated carbocycles. The predicted octanol–water partition coefficient (Wildman–Crippen LogP) is 4.14. The van der Waals surface area contributed by atoms with Crippen molar-refractivity contribution in [2.75, 3.05) is 5.32 Å². The van der Waals surface area contributed by atoms with Crippen molar-refractivity contribution in [3.8, 4) is 0 Å². The highest BCUT2D eigenvalue weighted by atomic mass is 35.5. The number of nitro benzene ring substituents is 1. The minimum Gasteiger partial charge on any atom is -0.381 e. The first-order valence-corrected chi connectivity index (χ1v) is 5.95. The van der Waals surface area contributed by atoms with E-state index in [0.717, 1.165) is 12.1 Å². The molecule has 0 aliphatic heterocycles. The van der Waals surface area contributed by atoms with Gasteiger partial charge < -0.3 is 5.32 Å². The van der Waals surface area contributed by atoms with Gasteiger partial charge in [-0.1, -0.05) is 11.6 Å². The van der Waals surface area contributed by atoms with Gasteiger partial charge in [-0.2, -0.15) is 0 Å². The third-order valence-electron chi connectivity index (χ3n) is 2.51. The highest BCUT2D eigenvalue weighted by Gasteiger charge is 2.09. The fourth-order valence-corrected chi connectivity index (χ4v) is 1.92. The van der Waals surface area contributed by atoms with Crippen molar-refractivity contribution in [2.24, 2.45) is 0 Å². The number of halogens is 3. The minimum absolute atomic E-state index is 0.110. The van der Waals surface area contributed by atoms with Gasteiger partial charge in [0.05, 0.1) is 11.0 Å². The van der Waals surface area contributed by atoms with E-state index in [1.54, 1.807) is 0 Å². The van der Waals surface area contributed by atoms with E-state index in [0.29, 0.717) is 11.3 Å². The number of benzene rings is 2. The molecule has 0 radical (unpaired) electrons. The lowest BCUT2D eigenvalue weighted by Crippen LogP contribution is -2.01. The summed E-state index contributed by atoms with van der Waals surface area (Å²) in [5.41, 5.74) is 0.443. The van der Waals surface area contributed by atoms with E-state index in [2.05, 4.69) is 5.32 Å². The van der Waals surface area contributed by atoms with Crippen molar-refractivity contribution >= 4 is 23.0 Å². The zero-order chi connectivity index (χ0) is 14.7. The van der Waals surface area contributed by atoms with E-state index < -0.39 is 16.6 Å². The van der Waals surface area contributed by atoms with E-state index >= 15 is 0 Å². The molecule has 2 aromatic rings. The standard InChI is InChI=1S/C13H9ClF2N2O2/c14-9-3-11(16)5-12(4-9)17-7-8-1-10(15)6-13(2-8)18(19)20/h1-6,17H,7H2.